The summed E-state index contributed by atoms with van der Waals surface area (Å²) in [4.78, 5) is 12.0. The van der Waals surface area contributed by atoms with Gasteiger partial charge in [-0.3, -0.25) is 0 Å². The first-order valence-electron chi connectivity index (χ1n) is 7.84. The maximum Gasteiger partial charge on any atom is 0.225 e. The minimum absolute atomic E-state index is 0.110. The highest BCUT2D eigenvalue weighted by Crippen LogP contribution is 2.44. The van der Waals surface area contributed by atoms with E-state index in [0.29, 0.717) is 5.88 Å². The van der Waals surface area contributed by atoms with Crippen LogP contribution in [0.1, 0.15) is 23.3 Å². The van der Waals surface area contributed by atoms with Crippen LogP contribution < -0.4 is 15.4 Å². The largest absolute Gasteiger partial charge is 0.481 e. The molecule has 0 bridgehead atoms. The first-order chi connectivity index (χ1) is 11.2. The maximum atomic E-state index is 6.25. The second-order valence-corrected chi connectivity index (χ2v) is 6.90. The van der Waals surface area contributed by atoms with Crippen molar-refractivity contribution in [2.45, 2.75) is 24.9 Å². The van der Waals surface area contributed by atoms with Crippen molar-refractivity contribution in [1.29, 1.82) is 0 Å². The molecular weight excluding hydrogens is 312 g/mol. The van der Waals surface area contributed by atoms with E-state index in [9.17, 15) is 0 Å². The molecule has 2 aliphatic heterocycles. The number of piperidine rings is 1. The van der Waals surface area contributed by atoms with Crippen molar-refractivity contribution in [2.75, 3.05) is 37.4 Å². The van der Waals surface area contributed by atoms with Crippen LogP contribution in [0.3, 0.4) is 0 Å². The summed E-state index contributed by atoms with van der Waals surface area (Å²) in [6.45, 7) is 2.59. The van der Waals surface area contributed by atoms with Crippen molar-refractivity contribution < 1.29 is 9.47 Å². The van der Waals surface area contributed by atoms with E-state index in [0.717, 1.165) is 44.8 Å². The lowest BCUT2D eigenvalue weighted by molar-refractivity contribution is -0.0735. The van der Waals surface area contributed by atoms with E-state index in [2.05, 4.69) is 26.3 Å². The summed E-state index contributed by atoms with van der Waals surface area (Å²) < 4.78 is 11.4. The Balaban J connectivity index is 1.55. The van der Waals surface area contributed by atoms with Gasteiger partial charge in [0, 0.05) is 24.0 Å². The summed E-state index contributed by atoms with van der Waals surface area (Å²) in [5, 5.41) is 2.18. The zero-order valence-electron chi connectivity index (χ0n) is 13.1. The number of methoxy groups -OCH3 is 1. The second-order valence-electron chi connectivity index (χ2n) is 5.98. The number of hydrogen-bond donors (Lipinski definition) is 1. The molecule has 0 aliphatic carbocycles. The first kappa shape index (κ1) is 14.7. The van der Waals surface area contributed by atoms with Gasteiger partial charge < -0.3 is 20.1 Å². The molecule has 0 atom stereocenters. The average molecular weight is 332 g/mol. The van der Waals surface area contributed by atoms with Gasteiger partial charge in [0.2, 0.25) is 11.8 Å². The smallest absolute Gasteiger partial charge is 0.225 e. The molecule has 7 heteroatoms. The van der Waals surface area contributed by atoms with E-state index in [1.165, 1.54) is 10.4 Å². The minimum Gasteiger partial charge on any atom is -0.481 e. The number of hydrogen-bond acceptors (Lipinski definition) is 7. The van der Waals surface area contributed by atoms with E-state index >= 15 is 0 Å². The number of nitrogens with two attached hydrogens (primary N) is 1. The molecule has 23 heavy (non-hydrogen) atoms. The molecular formula is C16H20N4O2S. The number of fused-ring (bicyclic) bond motifs is 2. The molecule has 1 saturated heterocycles. The summed E-state index contributed by atoms with van der Waals surface area (Å²) in [5.74, 6) is 1.57. The Morgan fingerprint density at radius 3 is 2.96 bits per heavy atom. The lowest BCUT2D eigenvalue weighted by Gasteiger charge is -2.44. The van der Waals surface area contributed by atoms with Gasteiger partial charge in [0.05, 0.1) is 13.7 Å². The molecule has 0 aromatic carbocycles. The molecule has 0 saturated carbocycles. The zero-order chi connectivity index (χ0) is 15.9. The van der Waals surface area contributed by atoms with Crippen LogP contribution in [0.5, 0.6) is 5.88 Å². The number of aromatic nitrogens is 2. The van der Waals surface area contributed by atoms with Crippen LogP contribution in [0.25, 0.3) is 0 Å². The van der Waals surface area contributed by atoms with E-state index < -0.39 is 0 Å². The Morgan fingerprint density at radius 2 is 2.17 bits per heavy atom. The lowest BCUT2D eigenvalue weighted by Crippen LogP contribution is -2.46. The van der Waals surface area contributed by atoms with Crippen LogP contribution in [-0.4, -0.2) is 36.8 Å². The molecule has 0 radical (unpaired) electrons. The fourth-order valence-corrected chi connectivity index (χ4v) is 4.69. The van der Waals surface area contributed by atoms with E-state index in [-0.39, 0.29) is 11.5 Å². The quantitative estimate of drug-likeness (QED) is 0.909. The Labute approximate surface area is 139 Å². The zero-order valence-corrected chi connectivity index (χ0v) is 13.9. The van der Waals surface area contributed by atoms with Crippen LogP contribution in [0, 0.1) is 0 Å². The standard InChI is InChI=1S/C16H20N4O2S/c1-21-13-10-12(18-15(17)19-13)20-6-4-16(5-7-20)14-11(2-8-22-16)3-9-23-14/h3,9-10H,2,4-8H2,1H3,(H2,17,18,19). The van der Waals surface area contributed by atoms with Crippen LogP contribution in [0.15, 0.2) is 17.5 Å². The third kappa shape index (κ3) is 2.53. The second kappa shape index (κ2) is 5.65. The highest BCUT2D eigenvalue weighted by atomic mass is 32.1. The van der Waals surface area contributed by atoms with Gasteiger partial charge in [-0.1, -0.05) is 0 Å². The summed E-state index contributed by atoms with van der Waals surface area (Å²) in [5.41, 5.74) is 7.13. The van der Waals surface area contributed by atoms with Crippen molar-refractivity contribution in [3.05, 3.63) is 28.0 Å². The highest BCUT2D eigenvalue weighted by molar-refractivity contribution is 7.10. The van der Waals surface area contributed by atoms with Gasteiger partial charge in [-0.15, -0.1) is 11.3 Å². The van der Waals surface area contributed by atoms with Crippen LogP contribution in [0.2, 0.25) is 0 Å². The van der Waals surface area contributed by atoms with Crippen LogP contribution >= 0.6 is 11.3 Å². The van der Waals surface area contributed by atoms with Gasteiger partial charge in [0.1, 0.15) is 11.4 Å². The number of rotatable bonds is 2. The van der Waals surface area contributed by atoms with Crippen molar-refractivity contribution in [1.82, 2.24) is 9.97 Å². The van der Waals surface area contributed by atoms with Crippen molar-refractivity contribution >= 4 is 23.1 Å². The number of nitrogen functional groups attached to an aromatic ring is 1. The Morgan fingerprint density at radius 1 is 1.35 bits per heavy atom. The number of thiophene rings is 1. The van der Waals surface area contributed by atoms with Gasteiger partial charge >= 0.3 is 0 Å². The Bertz CT molecular complexity index is 710. The van der Waals surface area contributed by atoms with Crippen LogP contribution in [0.4, 0.5) is 11.8 Å². The van der Waals surface area contributed by atoms with E-state index in [1.54, 1.807) is 7.11 Å². The minimum atomic E-state index is -0.110. The Kier molecular flexibility index (Phi) is 3.61. The monoisotopic (exact) mass is 332 g/mol. The van der Waals surface area contributed by atoms with Crippen molar-refractivity contribution in [3.8, 4) is 5.88 Å². The predicted molar refractivity (Wildman–Crippen MR) is 90.1 cm³/mol. The van der Waals surface area contributed by atoms with Gasteiger partial charge in [-0.25, -0.2) is 0 Å². The van der Waals surface area contributed by atoms with Gasteiger partial charge in [0.15, 0.2) is 0 Å². The molecule has 4 rings (SSSR count). The fourth-order valence-electron chi connectivity index (χ4n) is 3.52. The molecule has 4 heterocycles. The first-order valence-corrected chi connectivity index (χ1v) is 8.72. The van der Waals surface area contributed by atoms with E-state index in [1.807, 2.05) is 17.4 Å². The molecule has 6 nitrogen and oxygen atoms in total. The average Bonchev–Trinajstić information content (AvgIpc) is 3.05. The summed E-state index contributed by atoms with van der Waals surface area (Å²) >= 11 is 1.83. The Hall–Kier alpha value is -1.86. The molecule has 1 spiro atoms. The fraction of sp³-hybridized carbons (Fsp3) is 0.500. The molecule has 2 aromatic rings. The molecule has 1 fully saturated rings. The van der Waals surface area contributed by atoms with Crippen molar-refractivity contribution in [3.63, 3.8) is 0 Å². The number of ether oxygens (including phenoxy) is 2. The topological polar surface area (TPSA) is 73.5 Å². The molecule has 2 aromatic heterocycles. The molecule has 0 unspecified atom stereocenters. The van der Waals surface area contributed by atoms with Gasteiger partial charge in [-0.2, -0.15) is 9.97 Å². The van der Waals surface area contributed by atoms with Gasteiger partial charge in [-0.05, 0) is 36.3 Å². The molecule has 122 valence electrons. The number of nitrogens with zero attached hydrogens (tertiary/aromatic N) is 3. The summed E-state index contributed by atoms with van der Waals surface area (Å²) in [6.07, 6.45) is 2.96. The molecule has 0 amide bonds. The lowest BCUT2D eigenvalue weighted by atomic mass is 9.85. The predicted octanol–water partition coefficient (Wildman–Crippen LogP) is 2.20. The van der Waals surface area contributed by atoms with E-state index in [4.69, 9.17) is 15.2 Å². The van der Waals surface area contributed by atoms with Crippen LogP contribution in [-0.2, 0) is 16.8 Å². The summed E-state index contributed by atoms with van der Waals surface area (Å²) in [6, 6.07) is 4.08. The third-order valence-electron chi connectivity index (χ3n) is 4.72. The van der Waals surface area contributed by atoms with Crippen molar-refractivity contribution in [2.24, 2.45) is 0 Å². The number of anilines is 2. The normalized spacial score (nSPS) is 19.6. The molecule has 2 aliphatic rings. The van der Waals surface area contributed by atoms with Gasteiger partial charge in [0.25, 0.3) is 0 Å². The SMILES string of the molecule is COc1cc(N2CCC3(CC2)OCCc2ccsc23)nc(N)n1. The maximum absolute atomic E-state index is 6.25. The summed E-state index contributed by atoms with van der Waals surface area (Å²) in [7, 11) is 1.59. The highest BCUT2D eigenvalue weighted by Gasteiger charge is 2.42. The third-order valence-corrected chi connectivity index (χ3v) is 5.86. The molecule has 2 N–H and O–H groups in total.